The van der Waals surface area contributed by atoms with Gasteiger partial charge in [-0.1, -0.05) is 37.1 Å². The first-order chi connectivity index (χ1) is 10.6. The normalized spacial score (nSPS) is 12.0. The second kappa shape index (κ2) is 7.84. The highest BCUT2D eigenvalue weighted by atomic mass is 35.5. The number of aromatic nitrogens is 2. The van der Waals surface area contributed by atoms with Gasteiger partial charge in [-0.3, -0.25) is 0 Å². The minimum atomic E-state index is -0.448. The number of unbranched alkanes of at least 4 members (excludes halogenated alkanes) is 1. The average Bonchev–Trinajstić information content (AvgIpc) is 2.92. The number of halogens is 1. The van der Waals surface area contributed by atoms with Crippen molar-refractivity contribution in [1.29, 1.82) is 0 Å². The number of amides is 1. The zero-order chi connectivity index (χ0) is 15.9. The van der Waals surface area contributed by atoms with Crippen molar-refractivity contribution in [3.63, 3.8) is 0 Å². The Morgan fingerprint density at radius 2 is 2.14 bits per heavy atom. The van der Waals surface area contributed by atoms with Gasteiger partial charge in [0.15, 0.2) is 0 Å². The number of benzene rings is 1. The van der Waals surface area contributed by atoms with E-state index in [9.17, 15) is 4.79 Å². The van der Waals surface area contributed by atoms with Crippen molar-refractivity contribution < 1.29 is 9.53 Å². The minimum Gasteiger partial charge on any atom is -0.450 e. The Kier molecular flexibility index (Phi) is 5.83. The molecule has 0 aliphatic heterocycles. The summed E-state index contributed by atoms with van der Waals surface area (Å²) in [6.45, 7) is 2.46. The number of hydrogen-bond acceptors (Lipinski definition) is 3. The van der Waals surface area contributed by atoms with Crippen molar-refractivity contribution in [2.75, 3.05) is 6.61 Å². The molecule has 0 saturated carbocycles. The molecule has 1 heterocycles. The zero-order valence-electron chi connectivity index (χ0n) is 12.8. The maximum atomic E-state index is 12.0. The van der Waals surface area contributed by atoms with E-state index >= 15 is 0 Å². The fourth-order valence-corrected chi connectivity index (χ4v) is 2.20. The van der Waals surface area contributed by atoms with E-state index in [2.05, 4.69) is 10.3 Å². The Bertz CT molecular complexity index is 610. The molecule has 0 spiro atoms. The molecule has 1 aromatic heterocycles. The van der Waals surface area contributed by atoms with Gasteiger partial charge in [-0.25, -0.2) is 9.78 Å². The zero-order valence-corrected chi connectivity index (χ0v) is 13.5. The van der Waals surface area contributed by atoms with Crippen LogP contribution in [0.25, 0.3) is 0 Å². The number of nitrogens with zero attached hydrogens (tertiary/aromatic N) is 2. The Balaban J connectivity index is 2.17. The summed E-state index contributed by atoms with van der Waals surface area (Å²) in [5.74, 6) is 0.731. The fourth-order valence-electron chi connectivity index (χ4n) is 2.08. The van der Waals surface area contributed by atoms with E-state index in [-0.39, 0.29) is 6.04 Å². The summed E-state index contributed by atoms with van der Waals surface area (Å²) in [7, 11) is 1.88. The van der Waals surface area contributed by atoms with Gasteiger partial charge >= 0.3 is 6.09 Å². The average molecular weight is 322 g/mol. The third-order valence-electron chi connectivity index (χ3n) is 3.31. The number of ether oxygens (including phenoxy) is 1. The summed E-state index contributed by atoms with van der Waals surface area (Å²) < 4.78 is 7.05. The van der Waals surface area contributed by atoms with Gasteiger partial charge < -0.3 is 14.6 Å². The quantitative estimate of drug-likeness (QED) is 0.825. The molecule has 1 N–H and O–H groups in total. The van der Waals surface area contributed by atoms with Gasteiger partial charge in [-0.05, 0) is 24.1 Å². The maximum Gasteiger partial charge on any atom is 0.407 e. The molecule has 6 heteroatoms. The van der Waals surface area contributed by atoms with E-state index in [4.69, 9.17) is 16.3 Å². The summed E-state index contributed by atoms with van der Waals surface area (Å²) in [6, 6.07) is 6.93. The van der Waals surface area contributed by atoms with Gasteiger partial charge in [-0.15, -0.1) is 0 Å². The van der Waals surface area contributed by atoms with Gasteiger partial charge in [0.05, 0.1) is 6.61 Å². The molecule has 0 bridgehead atoms. The van der Waals surface area contributed by atoms with Crippen molar-refractivity contribution in [3.8, 4) is 0 Å². The molecule has 22 heavy (non-hydrogen) atoms. The Morgan fingerprint density at radius 3 is 2.73 bits per heavy atom. The number of alkyl carbamates (subject to hydrolysis) is 1. The topological polar surface area (TPSA) is 56.1 Å². The van der Waals surface area contributed by atoms with Crippen LogP contribution in [0.1, 0.15) is 37.2 Å². The highest BCUT2D eigenvalue weighted by Gasteiger charge is 2.21. The van der Waals surface area contributed by atoms with E-state index in [1.165, 1.54) is 0 Å². The van der Waals surface area contributed by atoms with Gasteiger partial charge in [0, 0.05) is 24.5 Å². The smallest absolute Gasteiger partial charge is 0.407 e. The molecule has 1 atom stereocenters. The van der Waals surface area contributed by atoms with E-state index in [0.29, 0.717) is 11.6 Å². The van der Waals surface area contributed by atoms with E-state index in [1.807, 2.05) is 36.9 Å². The number of rotatable bonds is 6. The summed E-state index contributed by atoms with van der Waals surface area (Å²) in [6.07, 6.45) is 4.91. The van der Waals surface area contributed by atoms with Crippen LogP contribution < -0.4 is 5.32 Å². The van der Waals surface area contributed by atoms with Gasteiger partial charge in [0.1, 0.15) is 11.9 Å². The van der Waals surface area contributed by atoms with Crippen LogP contribution in [-0.4, -0.2) is 22.3 Å². The van der Waals surface area contributed by atoms with Crippen LogP contribution in [0.15, 0.2) is 36.7 Å². The number of nitrogens with one attached hydrogen (secondary N) is 1. The van der Waals surface area contributed by atoms with E-state index in [0.717, 1.165) is 24.2 Å². The van der Waals surface area contributed by atoms with E-state index < -0.39 is 6.09 Å². The molecule has 0 aliphatic rings. The molecule has 2 aromatic rings. The standard InChI is InChI=1S/C16H20ClN3O2/c1-3-4-11-22-16(21)19-14(15-18-9-10-20(15)2)12-5-7-13(17)8-6-12/h5-10,14H,3-4,11H2,1-2H3,(H,19,21). The molecule has 1 aromatic carbocycles. The first-order valence-electron chi connectivity index (χ1n) is 7.27. The lowest BCUT2D eigenvalue weighted by Crippen LogP contribution is -2.31. The molecule has 0 fully saturated rings. The van der Waals surface area contributed by atoms with Crippen LogP contribution in [0, 0.1) is 0 Å². The SMILES string of the molecule is CCCCOC(=O)NC(c1ccc(Cl)cc1)c1nccn1C. The Labute approximate surface area is 135 Å². The van der Waals surface area contributed by atoms with Gasteiger partial charge in [0.2, 0.25) is 0 Å². The molecule has 0 saturated heterocycles. The predicted molar refractivity (Wildman–Crippen MR) is 85.9 cm³/mol. The van der Waals surface area contributed by atoms with Crippen molar-refractivity contribution in [3.05, 3.63) is 53.1 Å². The first kappa shape index (κ1) is 16.4. The molecule has 0 aliphatic carbocycles. The molecule has 1 unspecified atom stereocenters. The van der Waals surface area contributed by atoms with Crippen LogP contribution in [0.4, 0.5) is 4.79 Å². The minimum absolute atomic E-state index is 0.383. The second-order valence-electron chi connectivity index (χ2n) is 5.01. The largest absolute Gasteiger partial charge is 0.450 e. The van der Waals surface area contributed by atoms with Crippen LogP contribution in [0.3, 0.4) is 0 Å². The van der Waals surface area contributed by atoms with Crippen molar-refractivity contribution in [2.24, 2.45) is 7.05 Å². The van der Waals surface area contributed by atoms with Crippen molar-refractivity contribution >= 4 is 17.7 Å². The van der Waals surface area contributed by atoms with Crippen LogP contribution in [0.2, 0.25) is 5.02 Å². The lowest BCUT2D eigenvalue weighted by molar-refractivity contribution is 0.141. The van der Waals surface area contributed by atoms with Gasteiger partial charge in [0.25, 0.3) is 0 Å². The number of hydrogen-bond donors (Lipinski definition) is 1. The molecule has 5 nitrogen and oxygen atoms in total. The molecular formula is C16H20ClN3O2. The highest BCUT2D eigenvalue weighted by Crippen LogP contribution is 2.22. The molecule has 1 amide bonds. The summed E-state index contributed by atoms with van der Waals surface area (Å²) >= 11 is 5.93. The first-order valence-corrected chi connectivity index (χ1v) is 7.65. The maximum absolute atomic E-state index is 12.0. The predicted octanol–water partition coefficient (Wildman–Crippen LogP) is 3.69. The molecule has 118 valence electrons. The van der Waals surface area contributed by atoms with Crippen LogP contribution in [-0.2, 0) is 11.8 Å². The molecule has 2 rings (SSSR count). The summed E-state index contributed by atoms with van der Waals surface area (Å²) in [5, 5.41) is 3.51. The van der Waals surface area contributed by atoms with Crippen LogP contribution in [0.5, 0.6) is 0 Å². The fraction of sp³-hybridized carbons (Fsp3) is 0.375. The molecular weight excluding hydrogens is 302 g/mol. The number of imidazole rings is 1. The van der Waals surface area contributed by atoms with E-state index in [1.54, 1.807) is 18.3 Å². The third kappa shape index (κ3) is 4.24. The lowest BCUT2D eigenvalue weighted by atomic mass is 10.1. The lowest BCUT2D eigenvalue weighted by Gasteiger charge is -2.19. The monoisotopic (exact) mass is 321 g/mol. The third-order valence-corrected chi connectivity index (χ3v) is 3.57. The van der Waals surface area contributed by atoms with Crippen molar-refractivity contribution in [1.82, 2.24) is 14.9 Å². The number of carbonyl (C=O) groups is 1. The Morgan fingerprint density at radius 1 is 1.41 bits per heavy atom. The molecule has 0 radical (unpaired) electrons. The number of carbonyl (C=O) groups excluding carboxylic acids is 1. The van der Waals surface area contributed by atoms with Crippen molar-refractivity contribution in [2.45, 2.75) is 25.8 Å². The summed E-state index contributed by atoms with van der Waals surface area (Å²) in [5.41, 5.74) is 0.895. The van der Waals surface area contributed by atoms with Crippen LogP contribution >= 0.6 is 11.6 Å². The second-order valence-corrected chi connectivity index (χ2v) is 5.45. The highest BCUT2D eigenvalue weighted by molar-refractivity contribution is 6.30. The van der Waals surface area contributed by atoms with Gasteiger partial charge in [-0.2, -0.15) is 0 Å². The number of aryl methyl sites for hydroxylation is 1. The summed E-state index contributed by atoms with van der Waals surface area (Å²) in [4.78, 5) is 16.3. The Hall–Kier alpha value is -2.01.